The highest BCUT2D eigenvalue weighted by atomic mass is 19.1. The van der Waals surface area contributed by atoms with Gasteiger partial charge in [-0.2, -0.15) is 0 Å². The molecule has 86 valence electrons. The SMILES string of the molecule is NC(=O)C(O)CNC(=O)c1ccc(F)cn1. The van der Waals surface area contributed by atoms with Gasteiger partial charge in [-0.1, -0.05) is 0 Å². The van der Waals surface area contributed by atoms with Crippen LogP contribution < -0.4 is 11.1 Å². The number of amides is 2. The van der Waals surface area contributed by atoms with E-state index in [1.807, 2.05) is 0 Å². The van der Waals surface area contributed by atoms with E-state index in [9.17, 15) is 14.0 Å². The van der Waals surface area contributed by atoms with Crippen molar-refractivity contribution in [1.82, 2.24) is 10.3 Å². The number of nitrogens with one attached hydrogen (secondary N) is 1. The second-order valence-corrected chi connectivity index (χ2v) is 2.99. The van der Waals surface area contributed by atoms with Crippen LogP contribution in [0.15, 0.2) is 18.3 Å². The van der Waals surface area contributed by atoms with Gasteiger partial charge in [0, 0.05) is 0 Å². The number of aromatic nitrogens is 1. The monoisotopic (exact) mass is 227 g/mol. The van der Waals surface area contributed by atoms with Crippen LogP contribution >= 0.6 is 0 Å². The van der Waals surface area contributed by atoms with Crippen molar-refractivity contribution in [3.63, 3.8) is 0 Å². The molecule has 0 aromatic carbocycles. The van der Waals surface area contributed by atoms with Crippen LogP contribution in [0.25, 0.3) is 0 Å². The van der Waals surface area contributed by atoms with Crippen molar-refractivity contribution in [1.29, 1.82) is 0 Å². The summed E-state index contributed by atoms with van der Waals surface area (Å²) in [7, 11) is 0. The number of hydrogen-bond acceptors (Lipinski definition) is 4. The molecule has 1 atom stereocenters. The summed E-state index contributed by atoms with van der Waals surface area (Å²) in [6.45, 7) is -0.312. The number of primary amides is 1. The highest BCUT2D eigenvalue weighted by Gasteiger charge is 2.13. The fraction of sp³-hybridized carbons (Fsp3) is 0.222. The topological polar surface area (TPSA) is 105 Å². The van der Waals surface area contributed by atoms with Crippen LogP contribution in [-0.2, 0) is 4.79 Å². The molecule has 7 heteroatoms. The molecule has 0 radical (unpaired) electrons. The maximum atomic E-state index is 12.5. The van der Waals surface area contributed by atoms with Crippen molar-refractivity contribution in [3.8, 4) is 0 Å². The lowest BCUT2D eigenvalue weighted by Gasteiger charge is -2.07. The minimum atomic E-state index is -1.45. The van der Waals surface area contributed by atoms with Crippen LogP contribution in [0, 0.1) is 5.82 Å². The number of nitrogens with two attached hydrogens (primary N) is 1. The van der Waals surface area contributed by atoms with Crippen molar-refractivity contribution in [2.45, 2.75) is 6.10 Å². The molecule has 0 aliphatic carbocycles. The lowest BCUT2D eigenvalue weighted by atomic mass is 10.3. The standard InChI is InChI=1S/C9H10FN3O3/c10-5-1-2-6(12-3-5)9(16)13-4-7(14)8(11)15/h1-3,7,14H,4H2,(H2,11,15)(H,13,16). The van der Waals surface area contributed by atoms with E-state index in [2.05, 4.69) is 10.3 Å². The van der Waals surface area contributed by atoms with E-state index < -0.39 is 23.7 Å². The number of hydrogen-bond donors (Lipinski definition) is 3. The Hall–Kier alpha value is -2.02. The fourth-order valence-electron chi connectivity index (χ4n) is 0.891. The Labute approximate surface area is 90.3 Å². The maximum absolute atomic E-state index is 12.5. The number of nitrogens with zero attached hydrogens (tertiary/aromatic N) is 1. The van der Waals surface area contributed by atoms with Gasteiger partial charge in [-0.3, -0.25) is 9.59 Å². The minimum absolute atomic E-state index is 0.0157. The number of aliphatic hydroxyl groups is 1. The number of carbonyl (C=O) groups excluding carboxylic acids is 2. The van der Waals surface area contributed by atoms with Gasteiger partial charge < -0.3 is 16.2 Å². The van der Waals surface area contributed by atoms with E-state index in [0.29, 0.717) is 0 Å². The molecule has 0 aliphatic rings. The third kappa shape index (κ3) is 3.28. The van der Waals surface area contributed by atoms with Crippen LogP contribution in [-0.4, -0.2) is 34.6 Å². The maximum Gasteiger partial charge on any atom is 0.269 e. The summed E-state index contributed by atoms with van der Waals surface area (Å²) in [6, 6.07) is 2.26. The third-order valence-electron chi connectivity index (χ3n) is 1.74. The number of rotatable bonds is 4. The molecule has 6 nitrogen and oxygen atoms in total. The lowest BCUT2D eigenvalue weighted by molar-refractivity contribution is -0.125. The Kier molecular flexibility index (Phi) is 3.90. The molecule has 1 heterocycles. The van der Waals surface area contributed by atoms with Crippen LogP contribution in [0.5, 0.6) is 0 Å². The molecule has 1 rings (SSSR count). The second kappa shape index (κ2) is 5.17. The first-order chi connectivity index (χ1) is 7.50. The van der Waals surface area contributed by atoms with Gasteiger partial charge >= 0.3 is 0 Å². The molecule has 16 heavy (non-hydrogen) atoms. The van der Waals surface area contributed by atoms with E-state index in [-0.39, 0.29) is 12.2 Å². The van der Waals surface area contributed by atoms with Crippen molar-refractivity contribution in [3.05, 3.63) is 29.8 Å². The number of carbonyl (C=O) groups is 2. The molecular weight excluding hydrogens is 217 g/mol. The van der Waals surface area contributed by atoms with Crippen molar-refractivity contribution in [2.75, 3.05) is 6.54 Å². The molecule has 0 saturated carbocycles. The van der Waals surface area contributed by atoms with Crippen molar-refractivity contribution >= 4 is 11.8 Å². The molecule has 0 bridgehead atoms. The summed E-state index contributed by atoms with van der Waals surface area (Å²) in [5.41, 5.74) is 4.76. The van der Waals surface area contributed by atoms with Crippen LogP contribution in [0.4, 0.5) is 4.39 Å². The molecule has 0 aliphatic heterocycles. The van der Waals surface area contributed by atoms with E-state index >= 15 is 0 Å². The number of halogens is 1. The van der Waals surface area contributed by atoms with E-state index in [1.165, 1.54) is 6.07 Å². The third-order valence-corrected chi connectivity index (χ3v) is 1.74. The highest BCUT2D eigenvalue weighted by molar-refractivity contribution is 5.92. The molecule has 1 unspecified atom stereocenters. The summed E-state index contributed by atoms with van der Waals surface area (Å²) in [5.74, 6) is -2.12. The molecule has 0 saturated heterocycles. The normalized spacial score (nSPS) is 11.9. The largest absolute Gasteiger partial charge is 0.381 e. The Balaban J connectivity index is 2.53. The van der Waals surface area contributed by atoms with Crippen molar-refractivity contribution in [2.24, 2.45) is 5.73 Å². The highest BCUT2D eigenvalue weighted by Crippen LogP contribution is 1.97. The predicted octanol–water partition coefficient (Wildman–Crippen LogP) is -1.20. The quantitative estimate of drug-likeness (QED) is 0.600. The van der Waals surface area contributed by atoms with Crippen LogP contribution in [0.3, 0.4) is 0 Å². The summed E-state index contributed by atoms with van der Waals surface area (Å²) < 4.78 is 12.5. The van der Waals surface area contributed by atoms with Gasteiger partial charge in [0.05, 0.1) is 12.7 Å². The first-order valence-electron chi connectivity index (χ1n) is 4.38. The number of aliphatic hydroxyl groups excluding tert-OH is 1. The fourth-order valence-corrected chi connectivity index (χ4v) is 0.891. The smallest absolute Gasteiger partial charge is 0.269 e. The van der Waals surface area contributed by atoms with Gasteiger partial charge in [0.2, 0.25) is 5.91 Å². The van der Waals surface area contributed by atoms with Crippen molar-refractivity contribution < 1.29 is 19.1 Å². The molecule has 0 fully saturated rings. The van der Waals surface area contributed by atoms with Crippen LogP contribution in [0.2, 0.25) is 0 Å². The summed E-state index contributed by atoms with van der Waals surface area (Å²) in [5, 5.41) is 11.2. The molecule has 1 aromatic heterocycles. The van der Waals surface area contributed by atoms with Gasteiger partial charge in [-0.05, 0) is 12.1 Å². The molecule has 4 N–H and O–H groups in total. The minimum Gasteiger partial charge on any atom is -0.381 e. The Morgan fingerprint density at radius 2 is 2.25 bits per heavy atom. The number of pyridine rings is 1. The average molecular weight is 227 g/mol. The summed E-state index contributed by atoms with van der Waals surface area (Å²) in [6.07, 6.45) is -0.566. The summed E-state index contributed by atoms with van der Waals surface area (Å²) in [4.78, 5) is 25.3. The zero-order chi connectivity index (χ0) is 12.1. The summed E-state index contributed by atoms with van der Waals surface area (Å²) >= 11 is 0. The van der Waals surface area contributed by atoms with E-state index in [0.717, 1.165) is 12.3 Å². The second-order valence-electron chi connectivity index (χ2n) is 2.99. The Morgan fingerprint density at radius 3 is 2.75 bits per heavy atom. The molecule has 2 amide bonds. The zero-order valence-corrected chi connectivity index (χ0v) is 8.18. The predicted molar refractivity (Wildman–Crippen MR) is 51.7 cm³/mol. The van der Waals surface area contributed by atoms with Gasteiger partial charge in [-0.25, -0.2) is 9.37 Å². The van der Waals surface area contributed by atoms with Gasteiger partial charge in [0.15, 0.2) is 0 Å². The van der Waals surface area contributed by atoms with E-state index in [4.69, 9.17) is 10.8 Å². The van der Waals surface area contributed by atoms with E-state index in [1.54, 1.807) is 0 Å². The Morgan fingerprint density at radius 1 is 1.56 bits per heavy atom. The molecular formula is C9H10FN3O3. The molecule has 0 spiro atoms. The zero-order valence-electron chi connectivity index (χ0n) is 8.18. The molecule has 1 aromatic rings. The van der Waals surface area contributed by atoms with Gasteiger partial charge in [-0.15, -0.1) is 0 Å². The van der Waals surface area contributed by atoms with Crippen LogP contribution in [0.1, 0.15) is 10.5 Å². The van der Waals surface area contributed by atoms with Gasteiger partial charge in [0.25, 0.3) is 5.91 Å². The van der Waals surface area contributed by atoms with Gasteiger partial charge in [0.1, 0.15) is 17.6 Å². The first-order valence-corrected chi connectivity index (χ1v) is 4.38. The first kappa shape index (κ1) is 12.1. The Bertz CT molecular complexity index is 393. The lowest BCUT2D eigenvalue weighted by Crippen LogP contribution is -2.40. The average Bonchev–Trinajstić information content (AvgIpc) is 2.26.